The van der Waals surface area contributed by atoms with Crippen LogP contribution in [0.5, 0.6) is 0 Å². The van der Waals surface area contributed by atoms with E-state index in [1.54, 1.807) is 0 Å². The van der Waals surface area contributed by atoms with Gasteiger partial charge in [0.1, 0.15) is 10.3 Å². The monoisotopic (exact) mass is 264 g/mol. The summed E-state index contributed by atoms with van der Waals surface area (Å²) in [5, 5.41) is -3.47. The van der Waals surface area contributed by atoms with Gasteiger partial charge in [-0.3, -0.25) is 4.57 Å². The van der Waals surface area contributed by atoms with Gasteiger partial charge in [-0.15, -0.1) is 0 Å². The maximum absolute atomic E-state index is 12.8. The molecule has 0 spiro atoms. The van der Waals surface area contributed by atoms with E-state index < -0.39 is 41.2 Å². The van der Waals surface area contributed by atoms with Crippen molar-refractivity contribution in [3.05, 3.63) is 28.3 Å². The fourth-order valence-electron chi connectivity index (χ4n) is 0.849. The highest BCUT2D eigenvalue weighted by Gasteiger charge is 2.34. The summed E-state index contributed by atoms with van der Waals surface area (Å²) in [5.41, 5.74) is 0. The molecular formula is C6H2ClF4O3P. The Kier molecular flexibility index (Phi) is 3.11. The van der Waals surface area contributed by atoms with E-state index in [1.165, 1.54) is 0 Å². The van der Waals surface area contributed by atoms with Crippen molar-refractivity contribution in [3.8, 4) is 0 Å². The summed E-state index contributed by atoms with van der Waals surface area (Å²) in [4.78, 5) is 16.9. The summed E-state index contributed by atoms with van der Waals surface area (Å²) < 4.78 is 61.6. The smallest absolute Gasteiger partial charge is 0.321 e. The molecule has 2 N–H and O–H groups in total. The molecule has 0 aliphatic rings. The molecule has 0 heterocycles. The lowest BCUT2D eigenvalue weighted by Crippen LogP contribution is -2.19. The van der Waals surface area contributed by atoms with Gasteiger partial charge in [-0.05, 0) is 0 Å². The second-order valence-electron chi connectivity index (χ2n) is 2.46. The van der Waals surface area contributed by atoms with Gasteiger partial charge in [0, 0.05) is 0 Å². The lowest BCUT2D eigenvalue weighted by atomic mass is 10.3. The standard InChI is InChI=1S/C6H2ClF4O3P/c7-1-2(8)4(10)6(15(12,13)14)5(11)3(1)9/h(H2,12,13,14). The minimum Gasteiger partial charge on any atom is -0.321 e. The predicted molar refractivity (Wildman–Crippen MR) is 43.0 cm³/mol. The van der Waals surface area contributed by atoms with Crippen molar-refractivity contribution in [2.24, 2.45) is 0 Å². The molecule has 1 aromatic rings. The first kappa shape index (κ1) is 12.4. The summed E-state index contributed by atoms with van der Waals surface area (Å²) in [6, 6.07) is 0. The second-order valence-corrected chi connectivity index (χ2v) is 4.38. The van der Waals surface area contributed by atoms with Crippen molar-refractivity contribution in [1.29, 1.82) is 0 Å². The average Bonchev–Trinajstić information content (AvgIpc) is 2.09. The Balaban J connectivity index is 3.76. The van der Waals surface area contributed by atoms with E-state index in [0.29, 0.717) is 0 Å². The Hall–Kier alpha value is -0.620. The largest absolute Gasteiger partial charge is 0.362 e. The first-order chi connectivity index (χ1) is 6.68. The molecule has 0 atom stereocenters. The first-order valence-electron chi connectivity index (χ1n) is 3.25. The van der Waals surface area contributed by atoms with Gasteiger partial charge in [-0.25, -0.2) is 17.6 Å². The maximum atomic E-state index is 12.8. The highest BCUT2D eigenvalue weighted by molar-refractivity contribution is 7.60. The van der Waals surface area contributed by atoms with Crippen molar-refractivity contribution >= 4 is 24.5 Å². The fourth-order valence-corrected chi connectivity index (χ4v) is 1.72. The lowest BCUT2D eigenvalue weighted by Gasteiger charge is -2.09. The van der Waals surface area contributed by atoms with Crippen LogP contribution in [0.25, 0.3) is 0 Å². The minimum absolute atomic E-state index is 1.50. The SMILES string of the molecule is O=P(O)(O)c1c(F)c(F)c(Cl)c(F)c1F. The van der Waals surface area contributed by atoms with Crippen LogP contribution in [0.15, 0.2) is 0 Å². The van der Waals surface area contributed by atoms with E-state index in [0.717, 1.165) is 0 Å². The molecule has 0 amide bonds. The van der Waals surface area contributed by atoms with Gasteiger partial charge < -0.3 is 9.79 Å². The van der Waals surface area contributed by atoms with E-state index in [2.05, 4.69) is 0 Å². The summed E-state index contributed by atoms with van der Waals surface area (Å²) in [5.74, 6) is -8.50. The number of halogens is 5. The number of benzene rings is 1. The second kappa shape index (κ2) is 3.75. The summed E-state index contributed by atoms with van der Waals surface area (Å²) in [7, 11) is -5.46. The highest BCUT2D eigenvalue weighted by atomic mass is 35.5. The Morgan fingerprint density at radius 2 is 1.27 bits per heavy atom. The van der Waals surface area contributed by atoms with Gasteiger partial charge in [0.15, 0.2) is 23.3 Å². The van der Waals surface area contributed by atoms with E-state index >= 15 is 0 Å². The molecule has 1 rings (SSSR count). The number of hydrogen-bond acceptors (Lipinski definition) is 1. The third kappa shape index (κ3) is 2.01. The van der Waals surface area contributed by atoms with Crippen molar-refractivity contribution in [3.63, 3.8) is 0 Å². The topological polar surface area (TPSA) is 57.5 Å². The van der Waals surface area contributed by atoms with Crippen LogP contribution in [0.2, 0.25) is 5.02 Å². The average molecular weight is 264 g/mol. The minimum atomic E-state index is -5.46. The summed E-state index contributed by atoms with van der Waals surface area (Å²) in [6.07, 6.45) is 0. The van der Waals surface area contributed by atoms with Gasteiger partial charge in [-0.1, -0.05) is 11.6 Å². The van der Waals surface area contributed by atoms with Gasteiger partial charge in [0.25, 0.3) is 0 Å². The fraction of sp³-hybridized carbons (Fsp3) is 0. The maximum Gasteiger partial charge on any atom is 0.362 e. The van der Waals surface area contributed by atoms with Crippen molar-refractivity contribution in [2.45, 2.75) is 0 Å². The van der Waals surface area contributed by atoms with E-state index in [4.69, 9.17) is 21.4 Å². The molecule has 0 aromatic heterocycles. The zero-order valence-corrected chi connectivity index (χ0v) is 8.29. The molecular weight excluding hydrogens is 262 g/mol. The molecule has 0 fully saturated rings. The third-order valence-electron chi connectivity index (χ3n) is 1.48. The summed E-state index contributed by atoms with van der Waals surface area (Å²) >= 11 is 4.83. The van der Waals surface area contributed by atoms with E-state index in [-0.39, 0.29) is 0 Å². The lowest BCUT2D eigenvalue weighted by molar-refractivity contribution is 0.378. The number of rotatable bonds is 1. The van der Waals surface area contributed by atoms with Crippen LogP contribution in [0.3, 0.4) is 0 Å². The Morgan fingerprint density at radius 1 is 0.933 bits per heavy atom. The van der Waals surface area contributed by atoms with Crippen LogP contribution < -0.4 is 5.30 Å². The van der Waals surface area contributed by atoms with Crippen LogP contribution in [0.1, 0.15) is 0 Å². The van der Waals surface area contributed by atoms with E-state index in [9.17, 15) is 22.1 Å². The predicted octanol–water partition coefficient (Wildman–Crippen LogP) is 1.70. The molecule has 0 aliphatic heterocycles. The van der Waals surface area contributed by atoms with Gasteiger partial charge in [0.2, 0.25) is 0 Å². The molecule has 0 radical (unpaired) electrons. The van der Waals surface area contributed by atoms with Crippen LogP contribution >= 0.6 is 19.2 Å². The van der Waals surface area contributed by atoms with E-state index in [1.807, 2.05) is 0 Å². The number of hydrogen-bond donors (Lipinski definition) is 2. The molecule has 0 aliphatic carbocycles. The third-order valence-corrected chi connectivity index (χ3v) is 2.78. The van der Waals surface area contributed by atoms with Crippen molar-refractivity contribution in [2.75, 3.05) is 0 Å². The van der Waals surface area contributed by atoms with Crippen LogP contribution in [0, 0.1) is 23.3 Å². The Morgan fingerprint density at radius 3 is 1.53 bits per heavy atom. The van der Waals surface area contributed by atoms with Crippen LogP contribution in [0.4, 0.5) is 17.6 Å². The molecule has 0 saturated heterocycles. The van der Waals surface area contributed by atoms with Crippen molar-refractivity contribution < 1.29 is 31.9 Å². The molecule has 9 heteroatoms. The molecule has 84 valence electrons. The highest BCUT2D eigenvalue weighted by Crippen LogP contribution is 2.38. The Bertz CT molecular complexity index is 443. The Labute approximate surface area is 85.4 Å². The summed E-state index contributed by atoms with van der Waals surface area (Å²) in [6.45, 7) is 0. The zero-order chi connectivity index (χ0) is 12.0. The van der Waals surface area contributed by atoms with Gasteiger partial charge in [0.05, 0.1) is 0 Å². The van der Waals surface area contributed by atoms with Crippen molar-refractivity contribution in [1.82, 2.24) is 0 Å². The molecule has 3 nitrogen and oxygen atoms in total. The van der Waals surface area contributed by atoms with Crippen LogP contribution in [-0.4, -0.2) is 9.79 Å². The molecule has 0 unspecified atom stereocenters. The van der Waals surface area contributed by atoms with Crippen LogP contribution in [-0.2, 0) is 4.57 Å². The molecule has 0 bridgehead atoms. The quantitative estimate of drug-likeness (QED) is 0.351. The van der Waals surface area contributed by atoms with Gasteiger partial charge >= 0.3 is 7.60 Å². The molecule has 15 heavy (non-hydrogen) atoms. The normalized spacial score (nSPS) is 11.9. The first-order valence-corrected chi connectivity index (χ1v) is 5.24. The molecule has 1 aromatic carbocycles. The zero-order valence-electron chi connectivity index (χ0n) is 6.64. The van der Waals surface area contributed by atoms with Gasteiger partial charge in [-0.2, -0.15) is 0 Å². The molecule has 0 saturated carbocycles.